The Hall–Kier alpha value is -2.10. The molecule has 0 spiro atoms. The summed E-state index contributed by atoms with van der Waals surface area (Å²) in [6.45, 7) is 10.0. The Balaban J connectivity index is 2.73. The molecule has 0 aliphatic heterocycles. The zero-order chi connectivity index (χ0) is 15.8. The number of rotatable bonds is 7. The number of carbonyl (C=O) groups excluding carboxylic acids is 2. The highest BCUT2D eigenvalue weighted by Crippen LogP contribution is 2.11. The lowest BCUT2D eigenvalue weighted by Crippen LogP contribution is -2.37. The van der Waals surface area contributed by atoms with E-state index in [1.54, 1.807) is 13.0 Å². The Bertz CT molecular complexity index is 523. The van der Waals surface area contributed by atoms with E-state index >= 15 is 0 Å². The van der Waals surface area contributed by atoms with Crippen molar-refractivity contribution >= 4 is 11.9 Å². The maximum absolute atomic E-state index is 12.3. The van der Waals surface area contributed by atoms with E-state index in [1.807, 2.05) is 32.0 Å². The summed E-state index contributed by atoms with van der Waals surface area (Å²) in [5, 5.41) is 0. The van der Waals surface area contributed by atoms with Gasteiger partial charge in [-0.05, 0) is 37.5 Å². The summed E-state index contributed by atoms with van der Waals surface area (Å²) < 4.78 is 4.89. The van der Waals surface area contributed by atoms with Gasteiger partial charge in [-0.15, -0.1) is 6.58 Å². The molecule has 4 heteroatoms. The van der Waals surface area contributed by atoms with Crippen LogP contribution in [0.1, 0.15) is 23.6 Å². The average molecular weight is 289 g/mol. The van der Waals surface area contributed by atoms with E-state index < -0.39 is 5.97 Å². The Labute approximate surface area is 126 Å². The molecule has 114 valence electrons. The minimum Gasteiger partial charge on any atom is -0.465 e. The van der Waals surface area contributed by atoms with E-state index in [0.29, 0.717) is 13.2 Å². The van der Waals surface area contributed by atoms with Crippen LogP contribution in [0.15, 0.2) is 30.9 Å². The van der Waals surface area contributed by atoms with Crippen molar-refractivity contribution < 1.29 is 14.3 Å². The van der Waals surface area contributed by atoms with Crippen LogP contribution in [0.2, 0.25) is 0 Å². The third-order valence-corrected chi connectivity index (χ3v) is 3.25. The van der Waals surface area contributed by atoms with Crippen molar-refractivity contribution in [2.75, 3.05) is 19.7 Å². The smallest absolute Gasteiger partial charge is 0.325 e. The molecule has 1 rings (SSSR count). The third kappa shape index (κ3) is 5.42. The van der Waals surface area contributed by atoms with Crippen molar-refractivity contribution in [1.29, 1.82) is 0 Å². The molecule has 0 fully saturated rings. The molecule has 21 heavy (non-hydrogen) atoms. The second kappa shape index (κ2) is 8.25. The van der Waals surface area contributed by atoms with Gasteiger partial charge in [0.2, 0.25) is 5.91 Å². The number of benzene rings is 1. The van der Waals surface area contributed by atoms with Crippen LogP contribution in [-0.2, 0) is 20.7 Å². The first-order valence-electron chi connectivity index (χ1n) is 7.08. The first-order valence-corrected chi connectivity index (χ1v) is 7.08. The summed E-state index contributed by atoms with van der Waals surface area (Å²) in [6.07, 6.45) is 1.88. The Kier molecular flexibility index (Phi) is 6.66. The van der Waals surface area contributed by atoms with E-state index in [1.165, 1.54) is 10.5 Å². The molecule has 0 N–H and O–H groups in total. The van der Waals surface area contributed by atoms with Crippen molar-refractivity contribution in [3.63, 3.8) is 0 Å². The molecule has 0 heterocycles. The van der Waals surface area contributed by atoms with Gasteiger partial charge in [0.15, 0.2) is 0 Å². The molecule has 4 nitrogen and oxygen atoms in total. The summed E-state index contributed by atoms with van der Waals surface area (Å²) in [4.78, 5) is 25.3. The first kappa shape index (κ1) is 17.0. The van der Waals surface area contributed by atoms with Crippen LogP contribution in [0, 0.1) is 13.8 Å². The van der Waals surface area contributed by atoms with Gasteiger partial charge in [0.05, 0.1) is 13.0 Å². The summed E-state index contributed by atoms with van der Waals surface area (Å²) >= 11 is 0. The maximum Gasteiger partial charge on any atom is 0.325 e. The monoisotopic (exact) mass is 289 g/mol. The van der Waals surface area contributed by atoms with Gasteiger partial charge in [0.25, 0.3) is 0 Å². The molecule has 0 aromatic heterocycles. The molecule has 0 bridgehead atoms. The SMILES string of the molecule is C=CCN(CC(=O)OCC)C(=O)Cc1ccc(C)c(C)c1. The van der Waals surface area contributed by atoms with E-state index in [-0.39, 0.29) is 18.9 Å². The van der Waals surface area contributed by atoms with Crippen LogP contribution < -0.4 is 0 Å². The minimum atomic E-state index is -0.396. The van der Waals surface area contributed by atoms with Gasteiger partial charge in [-0.25, -0.2) is 0 Å². The highest BCUT2D eigenvalue weighted by molar-refractivity contribution is 5.83. The molecule has 0 aliphatic rings. The molecule has 0 atom stereocenters. The van der Waals surface area contributed by atoms with Crippen molar-refractivity contribution in [2.24, 2.45) is 0 Å². The molecule has 0 radical (unpaired) electrons. The number of amides is 1. The minimum absolute atomic E-state index is 0.0382. The molecule has 1 amide bonds. The second-order valence-corrected chi connectivity index (χ2v) is 4.96. The van der Waals surface area contributed by atoms with Gasteiger partial charge in [-0.3, -0.25) is 9.59 Å². The molecule has 1 aromatic carbocycles. The Morgan fingerprint density at radius 3 is 2.57 bits per heavy atom. The van der Waals surface area contributed by atoms with Gasteiger partial charge in [-0.2, -0.15) is 0 Å². The van der Waals surface area contributed by atoms with E-state index in [0.717, 1.165) is 11.1 Å². The van der Waals surface area contributed by atoms with E-state index in [4.69, 9.17) is 4.74 Å². The summed E-state index contributed by atoms with van der Waals surface area (Å²) in [5.41, 5.74) is 3.29. The highest BCUT2D eigenvalue weighted by atomic mass is 16.5. The standard InChI is InChI=1S/C17H23NO3/c1-5-9-18(12-17(20)21-6-2)16(19)11-15-8-7-13(3)14(4)10-15/h5,7-8,10H,1,6,9,11-12H2,2-4H3. The highest BCUT2D eigenvalue weighted by Gasteiger charge is 2.17. The fourth-order valence-electron chi connectivity index (χ4n) is 1.97. The summed E-state index contributed by atoms with van der Waals surface area (Å²) in [6, 6.07) is 5.95. The van der Waals surface area contributed by atoms with Crippen LogP contribution in [0.5, 0.6) is 0 Å². The molecule has 1 aromatic rings. The van der Waals surface area contributed by atoms with Crippen LogP contribution >= 0.6 is 0 Å². The van der Waals surface area contributed by atoms with Crippen LogP contribution in [0.4, 0.5) is 0 Å². The van der Waals surface area contributed by atoms with Crippen LogP contribution in [-0.4, -0.2) is 36.5 Å². The molecule has 0 unspecified atom stereocenters. The number of hydrogen-bond donors (Lipinski definition) is 0. The lowest BCUT2D eigenvalue weighted by Gasteiger charge is -2.20. The number of nitrogens with zero attached hydrogens (tertiary/aromatic N) is 1. The quantitative estimate of drug-likeness (QED) is 0.572. The van der Waals surface area contributed by atoms with Crippen molar-refractivity contribution in [1.82, 2.24) is 4.90 Å². The van der Waals surface area contributed by atoms with Gasteiger partial charge in [0, 0.05) is 6.54 Å². The van der Waals surface area contributed by atoms with Gasteiger partial charge in [-0.1, -0.05) is 24.3 Å². The molecule has 0 saturated carbocycles. The number of ether oxygens (including phenoxy) is 1. The van der Waals surface area contributed by atoms with Gasteiger partial charge in [0.1, 0.15) is 6.54 Å². The lowest BCUT2D eigenvalue weighted by atomic mass is 10.0. The normalized spacial score (nSPS) is 10.0. The zero-order valence-electron chi connectivity index (χ0n) is 13.0. The topological polar surface area (TPSA) is 46.6 Å². The summed E-state index contributed by atoms with van der Waals surface area (Å²) in [5.74, 6) is -0.501. The fraction of sp³-hybridized carbons (Fsp3) is 0.412. The lowest BCUT2D eigenvalue weighted by molar-refractivity contribution is -0.148. The first-order chi connectivity index (χ1) is 9.97. The van der Waals surface area contributed by atoms with Crippen molar-refractivity contribution in [2.45, 2.75) is 27.2 Å². The second-order valence-electron chi connectivity index (χ2n) is 4.96. The maximum atomic E-state index is 12.3. The number of aryl methyl sites for hydroxylation is 2. The number of carbonyl (C=O) groups is 2. The average Bonchev–Trinajstić information content (AvgIpc) is 2.42. The van der Waals surface area contributed by atoms with E-state index in [2.05, 4.69) is 6.58 Å². The van der Waals surface area contributed by atoms with Crippen molar-refractivity contribution in [3.8, 4) is 0 Å². The molecule has 0 saturated heterocycles. The van der Waals surface area contributed by atoms with E-state index in [9.17, 15) is 9.59 Å². The number of esters is 1. The van der Waals surface area contributed by atoms with Gasteiger partial charge >= 0.3 is 5.97 Å². The van der Waals surface area contributed by atoms with Crippen LogP contribution in [0.3, 0.4) is 0 Å². The zero-order valence-corrected chi connectivity index (χ0v) is 13.0. The number of hydrogen-bond acceptors (Lipinski definition) is 3. The Morgan fingerprint density at radius 2 is 2.00 bits per heavy atom. The van der Waals surface area contributed by atoms with Crippen LogP contribution in [0.25, 0.3) is 0 Å². The fourth-order valence-corrected chi connectivity index (χ4v) is 1.97. The summed E-state index contributed by atoms with van der Waals surface area (Å²) in [7, 11) is 0. The molecular formula is C17H23NO3. The Morgan fingerprint density at radius 1 is 1.29 bits per heavy atom. The molecule has 0 aliphatic carbocycles. The predicted molar refractivity (Wildman–Crippen MR) is 83.0 cm³/mol. The molecular weight excluding hydrogens is 266 g/mol. The van der Waals surface area contributed by atoms with Crippen molar-refractivity contribution in [3.05, 3.63) is 47.5 Å². The third-order valence-electron chi connectivity index (χ3n) is 3.25. The largest absolute Gasteiger partial charge is 0.465 e. The van der Waals surface area contributed by atoms with Gasteiger partial charge < -0.3 is 9.64 Å². The predicted octanol–water partition coefficient (Wildman–Crippen LogP) is 2.42.